The zero-order valence-corrected chi connectivity index (χ0v) is 77.7. The first-order valence-electron chi connectivity index (χ1n) is 45.4. The minimum absolute atomic E-state index is 0.0930. The Balaban J connectivity index is 0.000000145. The molecule has 38 heteroatoms. The van der Waals surface area contributed by atoms with E-state index in [1.807, 2.05) is 102 Å². The van der Waals surface area contributed by atoms with Crippen LogP contribution in [0.2, 0.25) is 0 Å². The number of fused-ring (bicyclic) bond motifs is 2. The van der Waals surface area contributed by atoms with Gasteiger partial charge in [-0.05, 0) is 233 Å². The summed E-state index contributed by atoms with van der Waals surface area (Å²) >= 11 is 5.33. The molecule has 3 aromatic carbocycles. The summed E-state index contributed by atoms with van der Waals surface area (Å²) < 4.78 is 18.3. The van der Waals surface area contributed by atoms with E-state index in [9.17, 15) is 100 Å². The van der Waals surface area contributed by atoms with Crippen LogP contribution in [0, 0.1) is 41.3 Å². The van der Waals surface area contributed by atoms with Crippen LogP contribution in [0.4, 0.5) is 33.2 Å². The SMILES string of the molecule is CCN1C(=O)C(=C2C=C(c3ccccc3)CCC2)C(=O)N(CC)C1=S.CCN1C(=O)NC(=O)/C(=C2\C=C(c3ccccc3)CCC2)C1=O.CN1C(=O)C(=CC2CCC3CCCCC23)C(=O)N(C)C1=O.CN1C(=O)C(=Cc2ccco2)C(=O)N(C)C1=O.O=C1NC(=O)C(=CC2CCC3CCCCC23)C(=O)N1.O=C1NC(=O)C(=Cc2ccccc2F)C(=O)N1.O=C1NC(=O)C(=Cc2ccncc2)C(=O)N1. The van der Waals surface area contributed by atoms with Crippen molar-refractivity contribution in [3.63, 3.8) is 0 Å². The van der Waals surface area contributed by atoms with E-state index in [4.69, 9.17) is 16.6 Å². The molecule has 718 valence electrons. The second-order valence-corrected chi connectivity index (χ2v) is 34.4. The summed E-state index contributed by atoms with van der Waals surface area (Å²) in [6, 6.07) is 28.0. The molecule has 6 aliphatic carbocycles. The molecule has 7 aliphatic heterocycles. The third-order valence-electron chi connectivity index (χ3n) is 25.6. The average molecular weight is 1900 g/mol. The number of hydrogen-bond donors (Lipinski definition) is 7. The molecule has 36 nitrogen and oxygen atoms in total. The summed E-state index contributed by atoms with van der Waals surface area (Å²) in [6.07, 6.45) is 35.6. The number of urea groups is 6. The van der Waals surface area contributed by atoms with Crippen molar-refractivity contribution in [2.24, 2.45) is 35.5 Å². The normalized spacial score (nSPS) is 22.7. The van der Waals surface area contributed by atoms with Crippen LogP contribution in [0.15, 0.2) is 207 Å². The van der Waals surface area contributed by atoms with Crippen LogP contribution in [0.5, 0.6) is 0 Å². The number of likely N-dealkylation sites (N-methyl/N-ethyl adjacent to an activating group) is 7. The van der Waals surface area contributed by atoms with Crippen LogP contribution < -0.4 is 37.2 Å². The van der Waals surface area contributed by atoms with Crippen LogP contribution in [-0.4, -0.2) is 211 Å². The second kappa shape index (κ2) is 46.1. The van der Waals surface area contributed by atoms with Crippen LogP contribution >= 0.6 is 12.2 Å². The van der Waals surface area contributed by atoms with Gasteiger partial charge in [0.05, 0.1) is 6.26 Å². The number of barbiturate groups is 6. The maximum absolute atomic E-state index is 13.3. The van der Waals surface area contributed by atoms with E-state index in [1.165, 1.54) is 157 Å². The summed E-state index contributed by atoms with van der Waals surface area (Å²) in [7, 11) is 5.51. The number of nitrogens with one attached hydrogen (secondary N) is 7. The van der Waals surface area contributed by atoms with Gasteiger partial charge in [-0.25, -0.2) is 33.2 Å². The standard InChI is InChI=1S/C20H22N2O2S.C18H18N2O3.C16H22N2O3.C14H18N2O3.C11H7FN2O3.C11H10N2O4.C10H7N3O3/c1-3-21-18(23)17(19(24)22(4-2)20(21)25)16-12-8-11-15(13-16)14-9-6-5-7-10-14;1-2-20-17(22)15(16(21)19-18(20)23)14-10-6-9-13(11-14)12-7-4-3-5-8-12;1-17-14(19)13(15(20)18(2)16(17)21)9-11-8-7-10-5-3-4-6-12(10)11;17-12-11(13(18)16-14(19)15-12)7-9-6-5-8-3-1-2-4-10(8)9;12-8-4-2-1-3-6(8)5-7-9(15)13-11(17)14-10(7)16;1-12-9(14)8(6-7-4-3-5-17-7)10(15)13(2)11(12)16;14-8-7(9(15)13-10(16)12-8)5-6-1-3-11-4-2-6/h5-7,9-10,13H,3-4,8,11-12H2,1-2H3;3-5,7-8,11H,2,6,9-10H2,1H3,(H,19,21,23);9-12H,3-8H2,1-2H3;7-10H,1-6H2,(H2,15,16,17,18,19);1-5H,(H2,13,14,15,16,17);3-6H,1-2H3;1-5H,(H2,12,13,14,15,16)/b;15-14+;;;;;. The third-order valence-corrected chi connectivity index (χ3v) is 26.0. The van der Waals surface area contributed by atoms with Gasteiger partial charge in [0.15, 0.2) is 5.11 Å². The van der Waals surface area contributed by atoms with Crippen LogP contribution in [0.1, 0.15) is 164 Å². The molecule has 0 radical (unpaired) electrons. The highest BCUT2D eigenvalue weighted by molar-refractivity contribution is 7.80. The lowest BCUT2D eigenvalue weighted by Crippen LogP contribution is -2.56. The largest absolute Gasteiger partial charge is 0.465 e. The lowest BCUT2D eigenvalue weighted by Gasteiger charge is -2.36. The highest BCUT2D eigenvalue weighted by Gasteiger charge is 2.46. The number of nitrogens with zero attached hydrogens (tertiary/aromatic N) is 8. The Hall–Kier alpha value is -15.6. The highest BCUT2D eigenvalue weighted by atomic mass is 32.1. The third kappa shape index (κ3) is 23.8. The van der Waals surface area contributed by atoms with Gasteiger partial charge in [-0.15, -0.1) is 0 Å². The number of aromatic nitrogens is 1. The van der Waals surface area contributed by atoms with Crippen molar-refractivity contribution >= 4 is 166 Å². The van der Waals surface area contributed by atoms with Gasteiger partial charge in [-0.2, -0.15) is 0 Å². The molecule has 0 spiro atoms. The molecule has 4 saturated carbocycles. The van der Waals surface area contributed by atoms with Gasteiger partial charge in [0.25, 0.3) is 82.7 Å². The summed E-state index contributed by atoms with van der Waals surface area (Å²) in [5.41, 5.74) is 6.98. The molecule has 6 atom stereocenters. The molecule has 5 aromatic rings. The lowest BCUT2D eigenvalue weighted by atomic mass is 9.77. The van der Waals surface area contributed by atoms with E-state index in [0.29, 0.717) is 65.2 Å². The number of thiocarbonyl (C=S) groups is 1. The van der Waals surface area contributed by atoms with Crippen molar-refractivity contribution in [3.05, 3.63) is 236 Å². The van der Waals surface area contributed by atoms with E-state index in [-0.39, 0.29) is 62.9 Å². The number of amides is 26. The van der Waals surface area contributed by atoms with Gasteiger partial charge in [0.2, 0.25) is 0 Å². The van der Waals surface area contributed by atoms with Crippen LogP contribution in [0.3, 0.4) is 0 Å². The Morgan fingerprint density at radius 3 is 1.22 bits per heavy atom. The molecule has 138 heavy (non-hydrogen) atoms. The molecular formula is C100H104FN15O21S. The molecular weight excluding hydrogens is 1800 g/mol. The van der Waals surface area contributed by atoms with Gasteiger partial charge in [-0.1, -0.05) is 142 Å². The van der Waals surface area contributed by atoms with Crippen molar-refractivity contribution in [3.8, 4) is 0 Å². The van der Waals surface area contributed by atoms with E-state index < -0.39 is 113 Å². The van der Waals surface area contributed by atoms with Gasteiger partial charge in [0.1, 0.15) is 50.6 Å². The van der Waals surface area contributed by atoms with Crippen LogP contribution in [0.25, 0.3) is 29.4 Å². The average Bonchev–Trinajstić information content (AvgIpc) is 1.02. The number of furan rings is 1. The molecule has 9 heterocycles. The van der Waals surface area contributed by atoms with Gasteiger partial charge < -0.3 is 4.42 Å². The molecule has 26 amide bonds. The number of rotatable bonds is 10. The summed E-state index contributed by atoms with van der Waals surface area (Å²) in [6.45, 7) is 6.64. The first-order valence-corrected chi connectivity index (χ1v) is 45.8. The van der Waals surface area contributed by atoms with Crippen molar-refractivity contribution in [1.82, 2.24) is 76.5 Å². The lowest BCUT2D eigenvalue weighted by molar-refractivity contribution is -0.136. The van der Waals surface area contributed by atoms with Crippen molar-refractivity contribution in [2.45, 2.75) is 136 Å². The number of imide groups is 12. The molecule has 11 fully saturated rings. The zero-order valence-electron chi connectivity index (χ0n) is 76.9. The minimum Gasteiger partial charge on any atom is -0.465 e. The highest BCUT2D eigenvalue weighted by Crippen LogP contribution is 2.49. The maximum Gasteiger partial charge on any atom is 0.333 e. The Morgan fingerprint density at radius 1 is 0.384 bits per heavy atom. The predicted octanol–water partition coefficient (Wildman–Crippen LogP) is 11.0. The fourth-order valence-electron chi connectivity index (χ4n) is 18.5. The summed E-state index contributed by atoms with van der Waals surface area (Å²) in [5.74, 6) is -4.82. The van der Waals surface area contributed by atoms with Crippen molar-refractivity contribution in [2.75, 3.05) is 47.8 Å². The number of allylic oxidation sites excluding steroid dienone is 8. The number of halogens is 1. The number of hydrogen-bond acceptors (Lipinski definition) is 23. The smallest absolute Gasteiger partial charge is 0.333 e. The number of carbonyl (C=O) groups excluding carboxylic acids is 20. The van der Waals surface area contributed by atoms with Crippen molar-refractivity contribution < 1.29 is 105 Å². The summed E-state index contributed by atoms with van der Waals surface area (Å²) in [4.78, 5) is 246. The molecule has 0 bridgehead atoms. The molecule has 13 aliphatic rings. The second-order valence-electron chi connectivity index (χ2n) is 34.1. The molecule has 2 aromatic heterocycles. The van der Waals surface area contributed by atoms with E-state index in [1.54, 1.807) is 43.3 Å². The zero-order chi connectivity index (χ0) is 99.5. The monoisotopic (exact) mass is 1900 g/mol. The number of carbonyl (C=O) groups is 20. The molecule has 7 N–H and O–H groups in total. The number of pyridine rings is 1. The molecule has 18 rings (SSSR count). The minimum atomic E-state index is -0.884. The fraction of sp³-hybridized carbons (Fsp3) is 0.340. The Labute approximate surface area is 798 Å². The molecule has 6 unspecified atom stereocenters. The topological polar surface area (TPSA) is 474 Å². The Bertz CT molecular complexity index is 5970. The van der Waals surface area contributed by atoms with Gasteiger partial charge in [0, 0.05) is 65.8 Å². The molecule has 7 saturated heterocycles. The summed E-state index contributed by atoms with van der Waals surface area (Å²) in [5, 5.41) is 14.6. The Kier molecular flexibility index (Phi) is 33.8. The van der Waals surface area contributed by atoms with E-state index in [0.717, 1.165) is 110 Å². The van der Waals surface area contributed by atoms with Crippen molar-refractivity contribution in [1.29, 1.82) is 0 Å². The fourth-order valence-corrected chi connectivity index (χ4v) is 19.0. The van der Waals surface area contributed by atoms with E-state index >= 15 is 0 Å². The number of benzene rings is 3. The van der Waals surface area contributed by atoms with Crippen LogP contribution in [-0.2, 0) is 67.1 Å². The van der Waals surface area contributed by atoms with E-state index in [2.05, 4.69) is 33.1 Å². The van der Waals surface area contributed by atoms with Gasteiger partial charge in [-0.3, -0.25) is 144 Å². The first-order chi connectivity index (χ1) is 66.1. The van der Waals surface area contributed by atoms with Gasteiger partial charge >= 0.3 is 36.2 Å². The Morgan fingerprint density at radius 2 is 0.783 bits per heavy atom. The predicted molar refractivity (Wildman–Crippen MR) is 502 cm³/mol. The quantitative estimate of drug-likeness (QED) is 0.0388. The first kappa shape index (κ1) is 101. The maximum atomic E-state index is 13.3.